The molecule has 1 aromatic rings. The minimum Gasteiger partial charge on any atom is -0.313 e. The van der Waals surface area contributed by atoms with Crippen LogP contribution in [0.2, 0.25) is 5.02 Å². The molecule has 1 nitrogen and oxygen atoms in total. The highest BCUT2D eigenvalue weighted by Crippen LogP contribution is 2.39. The van der Waals surface area contributed by atoms with Crippen LogP contribution < -0.4 is 5.32 Å². The van der Waals surface area contributed by atoms with E-state index in [0.717, 1.165) is 17.9 Å². The van der Waals surface area contributed by atoms with Crippen molar-refractivity contribution >= 4 is 11.6 Å². The molecule has 1 aromatic carbocycles. The first-order valence-corrected chi connectivity index (χ1v) is 5.71. The zero-order valence-electron chi connectivity index (χ0n) is 8.76. The molecule has 0 bridgehead atoms. The van der Waals surface area contributed by atoms with E-state index in [9.17, 15) is 4.39 Å². The average Bonchev–Trinajstić information content (AvgIpc) is 3.03. The summed E-state index contributed by atoms with van der Waals surface area (Å²) < 4.78 is 13.3. The number of halogens is 2. The second kappa shape index (κ2) is 4.50. The molecular weight excluding hydrogens is 213 g/mol. The highest BCUT2D eigenvalue weighted by atomic mass is 35.5. The number of nitrogens with one attached hydrogen (secondary N) is 1. The molecule has 1 N–H and O–H groups in total. The van der Waals surface area contributed by atoms with E-state index in [1.54, 1.807) is 6.07 Å². The van der Waals surface area contributed by atoms with Gasteiger partial charge in [-0.15, -0.1) is 0 Å². The van der Waals surface area contributed by atoms with Crippen LogP contribution in [0.15, 0.2) is 18.2 Å². The normalized spacial score (nSPS) is 17.8. The van der Waals surface area contributed by atoms with Crippen LogP contribution in [0.1, 0.15) is 30.9 Å². The molecule has 1 unspecified atom stereocenters. The van der Waals surface area contributed by atoms with Crippen molar-refractivity contribution in [2.75, 3.05) is 7.05 Å². The van der Waals surface area contributed by atoms with Crippen LogP contribution in [0, 0.1) is 11.7 Å². The third kappa shape index (κ3) is 2.50. The van der Waals surface area contributed by atoms with Crippen molar-refractivity contribution < 1.29 is 4.39 Å². The molecule has 82 valence electrons. The molecular formula is C12H15ClFN. The van der Waals surface area contributed by atoms with Crippen molar-refractivity contribution in [1.29, 1.82) is 0 Å². The lowest BCUT2D eigenvalue weighted by Crippen LogP contribution is -2.17. The summed E-state index contributed by atoms with van der Waals surface area (Å²) in [6.45, 7) is 0. The van der Waals surface area contributed by atoms with Gasteiger partial charge in [0.1, 0.15) is 5.82 Å². The first kappa shape index (κ1) is 10.9. The van der Waals surface area contributed by atoms with Gasteiger partial charge in [-0.2, -0.15) is 0 Å². The van der Waals surface area contributed by atoms with Gasteiger partial charge < -0.3 is 5.32 Å². The number of rotatable bonds is 4. The van der Waals surface area contributed by atoms with E-state index in [-0.39, 0.29) is 16.9 Å². The van der Waals surface area contributed by atoms with Crippen LogP contribution in [0.4, 0.5) is 4.39 Å². The van der Waals surface area contributed by atoms with Crippen LogP contribution >= 0.6 is 11.6 Å². The van der Waals surface area contributed by atoms with Crippen LogP contribution in [0.3, 0.4) is 0 Å². The Morgan fingerprint density at radius 3 is 2.87 bits per heavy atom. The van der Waals surface area contributed by atoms with Crippen molar-refractivity contribution in [2.24, 2.45) is 5.92 Å². The Morgan fingerprint density at radius 2 is 2.27 bits per heavy atom. The minimum absolute atomic E-state index is 0.181. The molecule has 0 spiro atoms. The summed E-state index contributed by atoms with van der Waals surface area (Å²) in [6, 6.07) is 5.19. The lowest BCUT2D eigenvalue weighted by molar-refractivity contribution is 0.510. The Hall–Kier alpha value is -0.600. The molecule has 15 heavy (non-hydrogen) atoms. The maximum Gasteiger partial charge on any atom is 0.142 e. The topological polar surface area (TPSA) is 12.0 Å². The molecule has 0 aliphatic heterocycles. The zero-order chi connectivity index (χ0) is 10.8. The van der Waals surface area contributed by atoms with Gasteiger partial charge in [0.2, 0.25) is 0 Å². The van der Waals surface area contributed by atoms with Gasteiger partial charge in [0.05, 0.1) is 5.02 Å². The molecule has 1 atom stereocenters. The van der Waals surface area contributed by atoms with Gasteiger partial charge in [-0.3, -0.25) is 0 Å². The van der Waals surface area contributed by atoms with Gasteiger partial charge in [0, 0.05) is 6.04 Å². The standard InChI is InChI=1S/C12H15ClFN/c1-15-11(7-8-5-6-8)9-3-2-4-10(14)12(9)13/h2-4,8,11,15H,5-7H2,1H3. The molecule has 0 aromatic heterocycles. The second-order valence-corrected chi connectivity index (χ2v) is 4.54. The largest absolute Gasteiger partial charge is 0.313 e. The lowest BCUT2D eigenvalue weighted by Gasteiger charge is -2.17. The Bertz CT molecular complexity index is 349. The highest BCUT2D eigenvalue weighted by molar-refractivity contribution is 6.31. The molecule has 0 saturated heterocycles. The smallest absolute Gasteiger partial charge is 0.142 e. The molecule has 1 aliphatic carbocycles. The summed E-state index contributed by atoms with van der Waals surface area (Å²) in [5.74, 6) is 0.465. The molecule has 0 amide bonds. The first-order valence-electron chi connectivity index (χ1n) is 5.33. The fourth-order valence-corrected chi connectivity index (χ4v) is 2.13. The van der Waals surface area contributed by atoms with E-state index in [1.807, 2.05) is 13.1 Å². The Labute approximate surface area is 94.6 Å². The van der Waals surface area contributed by atoms with Crippen molar-refractivity contribution in [1.82, 2.24) is 5.32 Å². The van der Waals surface area contributed by atoms with Gasteiger partial charge in [-0.05, 0) is 31.0 Å². The predicted octanol–water partition coefficient (Wildman–Crippen LogP) is 3.54. The number of benzene rings is 1. The summed E-state index contributed by atoms with van der Waals surface area (Å²) in [5.41, 5.74) is 0.881. The van der Waals surface area contributed by atoms with Gasteiger partial charge in [0.15, 0.2) is 0 Å². The Morgan fingerprint density at radius 1 is 1.53 bits per heavy atom. The molecule has 3 heteroatoms. The molecule has 1 aliphatic rings. The van der Waals surface area contributed by atoms with Crippen LogP contribution in [0.5, 0.6) is 0 Å². The van der Waals surface area contributed by atoms with E-state index in [0.29, 0.717) is 0 Å². The summed E-state index contributed by atoms with van der Waals surface area (Å²) in [4.78, 5) is 0. The van der Waals surface area contributed by atoms with Crippen LogP contribution in [0.25, 0.3) is 0 Å². The van der Waals surface area contributed by atoms with E-state index in [2.05, 4.69) is 5.32 Å². The molecule has 0 radical (unpaired) electrons. The summed E-state index contributed by atoms with van der Waals surface area (Å²) in [6.07, 6.45) is 3.65. The third-order valence-corrected chi connectivity index (χ3v) is 3.37. The monoisotopic (exact) mass is 227 g/mol. The van der Waals surface area contributed by atoms with Crippen molar-refractivity contribution in [3.8, 4) is 0 Å². The maximum atomic E-state index is 13.3. The third-order valence-electron chi connectivity index (χ3n) is 2.97. The van der Waals surface area contributed by atoms with E-state index in [4.69, 9.17) is 11.6 Å². The quantitative estimate of drug-likeness (QED) is 0.830. The first-order chi connectivity index (χ1) is 7.22. The predicted molar refractivity (Wildman–Crippen MR) is 60.6 cm³/mol. The van der Waals surface area contributed by atoms with Gasteiger partial charge >= 0.3 is 0 Å². The van der Waals surface area contributed by atoms with E-state index < -0.39 is 0 Å². The van der Waals surface area contributed by atoms with Crippen LogP contribution in [-0.4, -0.2) is 7.05 Å². The summed E-state index contributed by atoms with van der Waals surface area (Å²) in [5, 5.41) is 3.47. The van der Waals surface area contributed by atoms with E-state index >= 15 is 0 Å². The maximum absolute atomic E-state index is 13.3. The SMILES string of the molecule is CNC(CC1CC1)c1cccc(F)c1Cl. The van der Waals surface area contributed by atoms with Gasteiger partial charge in [-0.25, -0.2) is 4.39 Å². The fraction of sp³-hybridized carbons (Fsp3) is 0.500. The van der Waals surface area contributed by atoms with Crippen LogP contribution in [-0.2, 0) is 0 Å². The zero-order valence-corrected chi connectivity index (χ0v) is 9.52. The number of hydrogen-bond donors (Lipinski definition) is 1. The molecule has 2 rings (SSSR count). The summed E-state index contributed by atoms with van der Waals surface area (Å²) >= 11 is 5.96. The molecule has 1 saturated carbocycles. The molecule has 0 heterocycles. The van der Waals surface area contributed by atoms with Crippen molar-refractivity contribution in [2.45, 2.75) is 25.3 Å². The minimum atomic E-state index is -0.329. The fourth-order valence-electron chi connectivity index (χ4n) is 1.88. The average molecular weight is 228 g/mol. The Kier molecular flexibility index (Phi) is 3.27. The van der Waals surface area contributed by atoms with Crippen molar-refractivity contribution in [3.05, 3.63) is 34.6 Å². The van der Waals surface area contributed by atoms with Gasteiger partial charge in [-0.1, -0.05) is 36.6 Å². The summed E-state index contributed by atoms with van der Waals surface area (Å²) in [7, 11) is 1.90. The second-order valence-electron chi connectivity index (χ2n) is 4.16. The van der Waals surface area contributed by atoms with E-state index in [1.165, 1.54) is 18.9 Å². The van der Waals surface area contributed by atoms with Gasteiger partial charge in [0.25, 0.3) is 0 Å². The molecule has 1 fully saturated rings. The Balaban J connectivity index is 2.20. The lowest BCUT2D eigenvalue weighted by atomic mass is 10.0. The number of hydrogen-bond acceptors (Lipinski definition) is 1. The van der Waals surface area contributed by atoms with Crippen molar-refractivity contribution in [3.63, 3.8) is 0 Å². The highest BCUT2D eigenvalue weighted by Gasteiger charge is 2.26.